The van der Waals surface area contributed by atoms with Gasteiger partial charge in [0.25, 0.3) is 5.91 Å². The SMILES string of the molecule is CNc1nc(C)c(C(=O)N2CCC[C@H]2c2nc3ccc(F)cc3[nH]2)s1. The van der Waals surface area contributed by atoms with Crippen molar-refractivity contribution in [3.05, 3.63) is 40.4 Å². The highest BCUT2D eigenvalue weighted by Gasteiger charge is 2.34. The van der Waals surface area contributed by atoms with E-state index in [-0.39, 0.29) is 17.8 Å². The summed E-state index contributed by atoms with van der Waals surface area (Å²) < 4.78 is 13.4. The molecule has 1 aliphatic heterocycles. The largest absolute Gasteiger partial charge is 0.365 e. The zero-order chi connectivity index (χ0) is 17.6. The smallest absolute Gasteiger partial charge is 0.266 e. The van der Waals surface area contributed by atoms with E-state index in [0.29, 0.717) is 28.3 Å². The first-order chi connectivity index (χ1) is 12.1. The highest BCUT2D eigenvalue weighted by Crippen LogP contribution is 2.34. The van der Waals surface area contributed by atoms with Crippen molar-refractivity contribution in [3.63, 3.8) is 0 Å². The molecule has 3 heterocycles. The molecule has 130 valence electrons. The first-order valence-corrected chi connectivity index (χ1v) is 9.00. The van der Waals surface area contributed by atoms with Crippen molar-refractivity contribution in [2.24, 2.45) is 0 Å². The number of aryl methyl sites for hydroxylation is 1. The third kappa shape index (κ3) is 2.76. The monoisotopic (exact) mass is 359 g/mol. The lowest BCUT2D eigenvalue weighted by molar-refractivity contribution is 0.0734. The summed E-state index contributed by atoms with van der Waals surface area (Å²) in [6.07, 6.45) is 1.75. The Bertz CT molecular complexity index is 950. The fourth-order valence-electron chi connectivity index (χ4n) is 3.29. The van der Waals surface area contributed by atoms with Gasteiger partial charge < -0.3 is 15.2 Å². The molecule has 0 bridgehead atoms. The molecule has 2 aromatic heterocycles. The van der Waals surface area contributed by atoms with Crippen molar-refractivity contribution in [1.82, 2.24) is 19.9 Å². The fraction of sp³-hybridized carbons (Fsp3) is 0.353. The van der Waals surface area contributed by atoms with E-state index in [4.69, 9.17) is 0 Å². The Kier molecular flexibility index (Phi) is 3.91. The summed E-state index contributed by atoms with van der Waals surface area (Å²) in [5, 5.41) is 3.71. The number of amides is 1. The maximum atomic E-state index is 13.4. The highest BCUT2D eigenvalue weighted by atomic mass is 32.1. The number of aromatic amines is 1. The van der Waals surface area contributed by atoms with Gasteiger partial charge in [0.05, 0.1) is 22.8 Å². The molecule has 3 aromatic rings. The van der Waals surface area contributed by atoms with Crippen molar-refractivity contribution in [3.8, 4) is 0 Å². The van der Waals surface area contributed by atoms with Crippen LogP contribution in [0.1, 0.15) is 40.1 Å². The maximum absolute atomic E-state index is 13.4. The number of anilines is 1. The number of benzene rings is 1. The van der Waals surface area contributed by atoms with Crippen LogP contribution < -0.4 is 5.32 Å². The molecular weight excluding hydrogens is 341 g/mol. The molecule has 0 aliphatic carbocycles. The van der Waals surface area contributed by atoms with Crippen LogP contribution in [0.4, 0.5) is 9.52 Å². The molecule has 1 aromatic carbocycles. The first kappa shape index (κ1) is 16.0. The minimum Gasteiger partial charge on any atom is -0.365 e. The van der Waals surface area contributed by atoms with Crippen LogP contribution in [-0.2, 0) is 0 Å². The number of rotatable bonds is 3. The summed E-state index contributed by atoms with van der Waals surface area (Å²) in [5.74, 6) is 0.384. The Balaban J connectivity index is 1.67. The minimum absolute atomic E-state index is 0.0226. The van der Waals surface area contributed by atoms with Gasteiger partial charge in [-0.2, -0.15) is 0 Å². The molecule has 2 N–H and O–H groups in total. The lowest BCUT2D eigenvalue weighted by Gasteiger charge is -2.22. The molecule has 1 fully saturated rings. The van der Waals surface area contributed by atoms with E-state index in [1.54, 1.807) is 13.1 Å². The third-order valence-corrected chi connectivity index (χ3v) is 5.66. The zero-order valence-corrected chi connectivity index (χ0v) is 14.8. The lowest BCUT2D eigenvalue weighted by atomic mass is 10.2. The predicted molar refractivity (Wildman–Crippen MR) is 95.5 cm³/mol. The highest BCUT2D eigenvalue weighted by molar-refractivity contribution is 7.17. The third-order valence-electron chi connectivity index (χ3n) is 4.50. The van der Waals surface area contributed by atoms with E-state index in [9.17, 15) is 9.18 Å². The molecule has 0 unspecified atom stereocenters. The number of halogens is 1. The molecule has 1 amide bonds. The number of imidazole rings is 1. The van der Waals surface area contributed by atoms with Crippen molar-refractivity contribution in [1.29, 1.82) is 0 Å². The molecule has 25 heavy (non-hydrogen) atoms. The van der Waals surface area contributed by atoms with Gasteiger partial charge in [0.15, 0.2) is 5.13 Å². The summed E-state index contributed by atoms with van der Waals surface area (Å²) >= 11 is 1.37. The molecule has 6 nitrogen and oxygen atoms in total. The van der Waals surface area contributed by atoms with Gasteiger partial charge in [0, 0.05) is 13.6 Å². The second-order valence-electron chi connectivity index (χ2n) is 6.12. The fourth-order valence-corrected chi connectivity index (χ4v) is 4.16. The second-order valence-corrected chi connectivity index (χ2v) is 7.12. The Hall–Kier alpha value is -2.48. The minimum atomic E-state index is -0.304. The van der Waals surface area contributed by atoms with Crippen LogP contribution in [0.25, 0.3) is 11.0 Å². The van der Waals surface area contributed by atoms with E-state index in [2.05, 4.69) is 20.3 Å². The predicted octanol–water partition coefficient (Wildman–Crippen LogP) is 3.49. The topological polar surface area (TPSA) is 73.9 Å². The number of carbonyl (C=O) groups excluding carboxylic acids is 1. The normalized spacial score (nSPS) is 17.4. The number of thiazole rings is 1. The van der Waals surface area contributed by atoms with Crippen molar-refractivity contribution in [2.75, 3.05) is 18.9 Å². The van der Waals surface area contributed by atoms with E-state index >= 15 is 0 Å². The Morgan fingerprint density at radius 2 is 2.28 bits per heavy atom. The van der Waals surface area contributed by atoms with Crippen LogP contribution >= 0.6 is 11.3 Å². The van der Waals surface area contributed by atoms with Gasteiger partial charge >= 0.3 is 0 Å². The van der Waals surface area contributed by atoms with Crippen LogP contribution in [-0.4, -0.2) is 39.4 Å². The maximum Gasteiger partial charge on any atom is 0.266 e. The number of hydrogen-bond donors (Lipinski definition) is 2. The van der Waals surface area contributed by atoms with E-state index in [1.807, 2.05) is 11.8 Å². The van der Waals surface area contributed by atoms with Crippen LogP contribution in [0.15, 0.2) is 18.2 Å². The molecule has 8 heteroatoms. The van der Waals surface area contributed by atoms with E-state index in [1.165, 1.54) is 23.5 Å². The summed E-state index contributed by atoms with van der Waals surface area (Å²) in [4.78, 5) is 27.6. The number of likely N-dealkylation sites (tertiary alicyclic amines) is 1. The molecule has 1 saturated heterocycles. The molecule has 0 spiro atoms. The van der Waals surface area contributed by atoms with Gasteiger partial charge in [0.1, 0.15) is 16.5 Å². The van der Waals surface area contributed by atoms with Gasteiger partial charge in [-0.25, -0.2) is 14.4 Å². The molecule has 1 atom stereocenters. The Morgan fingerprint density at radius 3 is 3.04 bits per heavy atom. The van der Waals surface area contributed by atoms with Gasteiger partial charge in [-0.15, -0.1) is 0 Å². The summed E-state index contributed by atoms with van der Waals surface area (Å²) in [6, 6.07) is 4.35. The van der Waals surface area contributed by atoms with Gasteiger partial charge in [-0.1, -0.05) is 11.3 Å². The van der Waals surface area contributed by atoms with Crippen molar-refractivity contribution in [2.45, 2.75) is 25.8 Å². The van der Waals surface area contributed by atoms with Gasteiger partial charge in [-0.3, -0.25) is 4.79 Å². The average Bonchev–Trinajstić information content (AvgIpc) is 3.30. The van der Waals surface area contributed by atoms with Crippen molar-refractivity contribution >= 4 is 33.4 Å². The standard InChI is InChI=1S/C17H18FN5OS/c1-9-14(25-17(19-2)20-9)16(24)23-7-3-4-13(23)15-21-11-6-5-10(18)8-12(11)22-15/h5-6,8,13H,3-4,7H2,1-2H3,(H,19,20)(H,21,22)/t13-/m0/s1. The second kappa shape index (κ2) is 6.11. The number of H-pyrrole nitrogens is 1. The molecule has 0 radical (unpaired) electrons. The zero-order valence-electron chi connectivity index (χ0n) is 14.0. The number of nitrogens with zero attached hydrogens (tertiary/aromatic N) is 3. The van der Waals surface area contributed by atoms with Gasteiger partial charge in [0.2, 0.25) is 0 Å². The van der Waals surface area contributed by atoms with Gasteiger partial charge in [-0.05, 0) is 38.0 Å². The number of nitrogens with one attached hydrogen (secondary N) is 2. The molecule has 4 rings (SSSR count). The lowest BCUT2D eigenvalue weighted by Crippen LogP contribution is -2.31. The summed E-state index contributed by atoms with van der Waals surface area (Å²) in [6.45, 7) is 2.53. The first-order valence-electron chi connectivity index (χ1n) is 8.18. The van der Waals surface area contributed by atoms with E-state index in [0.717, 1.165) is 23.7 Å². The van der Waals surface area contributed by atoms with E-state index < -0.39 is 0 Å². The number of carbonyl (C=O) groups is 1. The summed E-state index contributed by atoms with van der Waals surface area (Å²) in [5.41, 5.74) is 2.10. The van der Waals surface area contributed by atoms with Crippen LogP contribution in [0, 0.1) is 12.7 Å². The molecule has 0 saturated carbocycles. The van der Waals surface area contributed by atoms with Crippen LogP contribution in [0.5, 0.6) is 0 Å². The Morgan fingerprint density at radius 1 is 1.44 bits per heavy atom. The average molecular weight is 359 g/mol. The number of aromatic nitrogens is 3. The van der Waals surface area contributed by atoms with Crippen LogP contribution in [0.3, 0.4) is 0 Å². The van der Waals surface area contributed by atoms with Crippen LogP contribution in [0.2, 0.25) is 0 Å². The summed E-state index contributed by atoms with van der Waals surface area (Å²) in [7, 11) is 1.79. The number of hydrogen-bond acceptors (Lipinski definition) is 5. The molecule has 1 aliphatic rings. The van der Waals surface area contributed by atoms with Crippen molar-refractivity contribution < 1.29 is 9.18 Å². The number of fused-ring (bicyclic) bond motifs is 1. The molecular formula is C17H18FN5OS. The Labute approximate surface area is 148 Å². The quantitative estimate of drug-likeness (QED) is 0.751.